The maximum Gasteiger partial charge on any atom is 0.337 e. The summed E-state index contributed by atoms with van der Waals surface area (Å²) in [6.45, 7) is 0. The molecule has 2 rings (SSSR count). The summed E-state index contributed by atoms with van der Waals surface area (Å²) in [7, 11) is 1.44. The maximum atomic E-state index is 11.9. The number of para-hydroxylation sites is 1. The van der Waals surface area contributed by atoms with Crippen LogP contribution in [0.2, 0.25) is 0 Å². The summed E-state index contributed by atoms with van der Waals surface area (Å²) in [5.74, 6) is -0.745. The number of hydrogen-bond acceptors (Lipinski definition) is 3. The zero-order valence-corrected chi connectivity index (χ0v) is 11.3. The summed E-state index contributed by atoms with van der Waals surface area (Å²) in [6, 6.07) is 12.7. The SMILES string of the molecule is COc1ccc(NC(=O)Nc2ccccc2)c(C(=O)O)c1. The van der Waals surface area contributed by atoms with Gasteiger partial charge in [-0.05, 0) is 30.3 Å². The van der Waals surface area contributed by atoms with Crippen molar-refractivity contribution < 1.29 is 19.4 Å². The zero-order chi connectivity index (χ0) is 15.2. The topological polar surface area (TPSA) is 87.7 Å². The van der Waals surface area contributed by atoms with Crippen LogP contribution < -0.4 is 15.4 Å². The molecule has 0 spiro atoms. The van der Waals surface area contributed by atoms with Crippen LogP contribution >= 0.6 is 0 Å². The van der Waals surface area contributed by atoms with Gasteiger partial charge in [0, 0.05) is 5.69 Å². The molecule has 0 radical (unpaired) electrons. The molecule has 0 aliphatic heterocycles. The van der Waals surface area contributed by atoms with Crippen LogP contribution in [0.1, 0.15) is 10.4 Å². The minimum absolute atomic E-state index is 0.0439. The van der Waals surface area contributed by atoms with E-state index < -0.39 is 12.0 Å². The molecule has 2 aromatic rings. The van der Waals surface area contributed by atoms with Gasteiger partial charge >= 0.3 is 12.0 Å². The van der Waals surface area contributed by atoms with Crippen molar-refractivity contribution in [3.8, 4) is 5.75 Å². The van der Waals surface area contributed by atoms with Crippen molar-refractivity contribution in [1.82, 2.24) is 0 Å². The minimum atomic E-state index is -1.15. The molecule has 0 aromatic heterocycles. The molecule has 3 N–H and O–H groups in total. The molecule has 0 saturated heterocycles. The quantitative estimate of drug-likeness (QED) is 0.806. The number of carboxylic acid groups (broad SMARTS) is 1. The molecule has 108 valence electrons. The third-order valence-electron chi connectivity index (χ3n) is 2.74. The Bertz CT molecular complexity index is 656. The average molecular weight is 286 g/mol. The van der Waals surface area contributed by atoms with Gasteiger partial charge in [0.25, 0.3) is 0 Å². The number of benzene rings is 2. The number of amides is 2. The highest BCUT2D eigenvalue weighted by Crippen LogP contribution is 2.22. The normalized spacial score (nSPS) is 9.76. The van der Waals surface area contributed by atoms with Crippen molar-refractivity contribution in [2.24, 2.45) is 0 Å². The van der Waals surface area contributed by atoms with E-state index in [2.05, 4.69) is 10.6 Å². The van der Waals surface area contributed by atoms with E-state index in [9.17, 15) is 9.59 Å². The molecule has 0 fully saturated rings. The molecule has 2 aromatic carbocycles. The Morgan fingerprint density at radius 3 is 2.38 bits per heavy atom. The van der Waals surface area contributed by atoms with Gasteiger partial charge in [-0.2, -0.15) is 0 Å². The second-order valence-electron chi connectivity index (χ2n) is 4.16. The van der Waals surface area contributed by atoms with Gasteiger partial charge in [0.2, 0.25) is 0 Å². The lowest BCUT2D eigenvalue weighted by Crippen LogP contribution is -2.21. The van der Waals surface area contributed by atoms with Crippen LogP contribution in [0.25, 0.3) is 0 Å². The van der Waals surface area contributed by atoms with E-state index in [-0.39, 0.29) is 11.3 Å². The summed E-state index contributed by atoms with van der Waals surface area (Å²) in [5, 5.41) is 14.3. The van der Waals surface area contributed by atoms with E-state index in [1.165, 1.54) is 19.2 Å². The Morgan fingerprint density at radius 2 is 1.76 bits per heavy atom. The lowest BCUT2D eigenvalue weighted by atomic mass is 10.1. The molecule has 0 bridgehead atoms. The van der Waals surface area contributed by atoms with Crippen LogP contribution in [0.15, 0.2) is 48.5 Å². The van der Waals surface area contributed by atoms with Crippen molar-refractivity contribution in [3.05, 3.63) is 54.1 Å². The third-order valence-corrected chi connectivity index (χ3v) is 2.74. The van der Waals surface area contributed by atoms with Gasteiger partial charge in [-0.1, -0.05) is 18.2 Å². The number of nitrogens with one attached hydrogen (secondary N) is 2. The first-order chi connectivity index (χ1) is 10.1. The summed E-state index contributed by atoms with van der Waals surface area (Å²) in [6.07, 6.45) is 0. The first kappa shape index (κ1) is 14.4. The Morgan fingerprint density at radius 1 is 1.05 bits per heavy atom. The predicted octanol–water partition coefficient (Wildman–Crippen LogP) is 3.04. The molecule has 0 heterocycles. The standard InChI is InChI=1S/C15H14N2O4/c1-21-11-7-8-13(12(9-11)14(18)19)17-15(20)16-10-5-3-2-4-6-10/h2-9H,1H3,(H,18,19)(H2,16,17,20). The fourth-order valence-electron chi connectivity index (χ4n) is 1.74. The molecule has 0 atom stereocenters. The van der Waals surface area contributed by atoms with E-state index in [0.29, 0.717) is 11.4 Å². The van der Waals surface area contributed by atoms with Crippen LogP contribution in [-0.4, -0.2) is 24.2 Å². The molecule has 6 nitrogen and oxygen atoms in total. The van der Waals surface area contributed by atoms with Crippen LogP contribution in [0.4, 0.5) is 16.2 Å². The van der Waals surface area contributed by atoms with Crippen LogP contribution in [0.5, 0.6) is 5.75 Å². The minimum Gasteiger partial charge on any atom is -0.497 e. The third kappa shape index (κ3) is 3.73. The van der Waals surface area contributed by atoms with Crippen LogP contribution in [0.3, 0.4) is 0 Å². The lowest BCUT2D eigenvalue weighted by Gasteiger charge is -2.11. The van der Waals surface area contributed by atoms with Gasteiger partial charge in [0.05, 0.1) is 18.4 Å². The summed E-state index contributed by atoms with van der Waals surface area (Å²) < 4.78 is 4.97. The highest BCUT2D eigenvalue weighted by Gasteiger charge is 2.13. The average Bonchev–Trinajstić information content (AvgIpc) is 2.48. The second kappa shape index (κ2) is 6.42. The number of carbonyl (C=O) groups excluding carboxylic acids is 1. The molecule has 2 amide bonds. The van der Waals surface area contributed by atoms with Crippen LogP contribution in [-0.2, 0) is 0 Å². The number of ether oxygens (including phenoxy) is 1. The number of methoxy groups -OCH3 is 1. The first-order valence-electron chi connectivity index (χ1n) is 6.14. The number of rotatable bonds is 4. The van der Waals surface area contributed by atoms with Gasteiger partial charge in [-0.3, -0.25) is 0 Å². The smallest absolute Gasteiger partial charge is 0.337 e. The van der Waals surface area contributed by atoms with Crippen molar-refractivity contribution in [1.29, 1.82) is 0 Å². The molecule has 0 saturated carbocycles. The van der Waals surface area contributed by atoms with Gasteiger partial charge in [0.15, 0.2) is 0 Å². The number of carbonyl (C=O) groups is 2. The van der Waals surface area contributed by atoms with Gasteiger partial charge in [-0.15, -0.1) is 0 Å². The first-order valence-corrected chi connectivity index (χ1v) is 6.14. The number of urea groups is 1. The van der Waals surface area contributed by atoms with Gasteiger partial charge in [-0.25, -0.2) is 9.59 Å². The number of anilines is 2. The molecular formula is C15H14N2O4. The van der Waals surface area contributed by atoms with E-state index >= 15 is 0 Å². The Hall–Kier alpha value is -3.02. The molecule has 0 aliphatic carbocycles. The van der Waals surface area contributed by atoms with E-state index in [4.69, 9.17) is 9.84 Å². The second-order valence-corrected chi connectivity index (χ2v) is 4.16. The highest BCUT2D eigenvalue weighted by molar-refractivity contribution is 6.04. The molecule has 6 heteroatoms. The van der Waals surface area contributed by atoms with Crippen molar-refractivity contribution in [3.63, 3.8) is 0 Å². The summed E-state index contributed by atoms with van der Waals surface area (Å²) >= 11 is 0. The largest absolute Gasteiger partial charge is 0.497 e. The van der Waals surface area contributed by atoms with Crippen molar-refractivity contribution >= 4 is 23.4 Å². The summed E-state index contributed by atoms with van der Waals surface area (Å²) in [4.78, 5) is 23.1. The summed E-state index contributed by atoms with van der Waals surface area (Å²) in [5.41, 5.74) is 0.759. The Kier molecular flexibility index (Phi) is 4.40. The fourth-order valence-corrected chi connectivity index (χ4v) is 1.74. The van der Waals surface area contributed by atoms with E-state index in [1.54, 1.807) is 30.3 Å². The molecule has 21 heavy (non-hydrogen) atoms. The maximum absolute atomic E-state index is 11.9. The molecule has 0 unspecified atom stereocenters. The lowest BCUT2D eigenvalue weighted by molar-refractivity contribution is 0.0697. The Balaban J connectivity index is 2.15. The van der Waals surface area contributed by atoms with Crippen molar-refractivity contribution in [2.45, 2.75) is 0 Å². The van der Waals surface area contributed by atoms with E-state index in [0.717, 1.165) is 0 Å². The monoisotopic (exact) mass is 286 g/mol. The fraction of sp³-hybridized carbons (Fsp3) is 0.0667. The van der Waals surface area contributed by atoms with Gasteiger partial charge in [0.1, 0.15) is 5.75 Å². The zero-order valence-electron chi connectivity index (χ0n) is 11.3. The number of hydrogen-bond donors (Lipinski definition) is 3. The molecular weight excluding hydrogens is 272 g/mol. The van der Waals surface area contributed by atoms with E-state index in [1.807, 2.05) is 6.07 Å². The highest BCUT2D eigenvalue weighted by atomic mass is 16.5. The predicted molar refractivity (Wildman–Crippen MR) is 79.0 cm³/mol. The number of aromatic carboxylic acids is 1. The van der Waals surface area contributed by atoms with Gasteiger partial charge < -0.3 is 20.5 Å². The number of carboxylic acids is 1. The molecule has 0 aliphatic rings. The Labute approximate surface area is 121 Å². The van der Waals surface area contributed by atoms with Crippen molar-refractivity contribution in [2.75, 3.05) is 17.7 Å². The van der Waals surface area contributed by atoms with Crippen LogP contribution in [0, 0.1) is 0 Å².